The number of amides is 1. The molecule has 1 aromatic rings. The highest BCUT2D eigenvalue weighted by Gasteiger charge is 2.20. The number of aromatic nitrogens is 1. The number of hydrogen-bond acceptors (Lipinski definition) is 5. The van der Waals surface area contributed by atoms with Gasteiger partial charge in [-0.25, -0.2) is 0 Å². The molecule has 0 radical (unpaired) electrons. The van der Waals surface area contributed by atoms with Gasteiger partial charge in [-0.3, -0.25) is 14.7 Å². The van der Waals surface area contributed by atoms with E-state index in [1.54, 1.807) is 13.3 Å². The van der Waals surface area contributed by atoms with Gasteiger partial charge in [0.1, 0.15) is 6.26 Å². The average Bonchev–Trinajstić information content (AvgIpc) is 3.08. The highest BCUT2D eigenvalue weighted by Crippen LogP contribution is 2.07. The number of guanidine groups is 1. The van der Waals surface area contributed by atoms with Crippen LogP contribution < -0.4 is 10.6 Å². The molecular weight excluding hydrogens is 296 g/mol. The molecule has 1 saturated heterocycles. The average molecular weight is 322 g/mol. The van der Waals surface area contributed by atoms with Crippen LogP contribution >= 0.6 is 0 Å². The number of carbonyl (C=O) groups excluding carboxylic acids is 1. The second-order valence-electron chi connectivity index (χ2n) is 5.50. The number of hydrogen-bond donors (Lipinski definition) is 2. The fourth-order valence-corrected chi connectivity index (χ4v) is 2.48. The van der Waals surface area contributed by atoms with Crippen LogP contribution in [0.4, 0.5) is 0 Å². The Hall–Kier alpha value is -2.09. The third-order valence-corrected chi connectivity index (χ3v) is 3.74. The van der Waals surface area contributed by atoms with E-state index in [1.165, 1.54) is 0 Å². The van der Waals surface area contributed by atoms with Gasteiger partial charge in [0.05, 0.1) is 12.2 Å². The molecule has 1 aliphatic rings. The molecular formula is C15H26N6O2. The van der Waals surface area contributed by atoms with Gasteiger partial charge in [0.15, 0.2) is 5.96 Å². The Bertz CT molecular complexity index is 494. The molecule has 0 bridgehead atoms. The number of rotatable bonds is 6. The summed E-state index contributed by atoms with van der Waals surface area (Å²) in [6.45, 7) is 7.39. The molecule has 1 fully saturated rings. The molecule has 8 heteroatoms. The summed E-state index contributed by atoms with van der Waals surface area (Å²) in [4.78, 5) is 20.4. The molecule has 2 heterocycles. The van der Waals surface area contributed by atoms with Crippen molar-refractivity contribution in [2.24, 2.45) is 4.99 Å². The Morgan fingerprint density at radius 2 is 2.13 bits per heavy atom. The van der Waals surface area contributed by atoms with Gasteiger partial charge in [0, 0.05) is 52.4 Å². The fourth-order valence-electron chi connectivity index (χ4n) is 2.48. The first-order chi connectivity index (χ1) is 11.2. The summed E-state index contributed by atoms with van der Waals surface area (Å²) in [6, 6.07) is 1.89. The quantitative estimate of drug-likeness (QED) is 0.562. The smallest absolute Gasteiger partial charge is 0.239 e. The Labute approximate surface area is 136 Å². The van der Waals surface area contributed by atoms with E-state index >= 15 is 0 Å². The monoisotopic (exact) mass is 322 g/mol. The van der Waals surface area contributed by atoms with Gasteiger partial charge in [0.2, 0.25) is 5.91 Å². The second kappa shape index (κ2) is 9.14. The lowest BCUT2D eigenvalue weighted by atomic mass is 10.3. The molecule has 1 aliphatic heterocycles. The normalized spacial score (nSPS) is 16.4. The maximum absolute atomic E-state index is 11.7. The van der Waals surface area contributed by atoms with Crippen molar-refractivity contribution in [3.05, 3.63) is 18.0 Å². The van der Waals surface area contributed by atoms with Gasteiger partial charge in [-0.1, -0.05) is 12.1 Å². The minimum Gasteiger partial charge on any atom is -0.364 e. The van der Waals surface area contributed by atoms with Crippen molar-refractivity contribution in [2.45, 2.75) is 19.9 Å². The molecule has 1 aromatic heterocycles. The van der Waals surface area contributed by atoms with Crippen LogP contribution in [0.2, 0.25) is 0 Å². The summed E-state index contributed by atoms with van der Waals surface area (Å²) in [5.41, 5.74) is 0.952. The number of piperazine rings is 1. The first kappa shape index (κ1) is 17.3. The number of aliphatic imine (C=N–C) groups is 1. The molecule has 8 nitrogen and oxygen atoms in total. The molecule has 2 N–H and O–H groups in total. The molecule has 0 spiro atoms. The van der Waals surface area contributed by atoms with Crippen molar-refractivity contribution in [3.8, 4) is 0 Å². The van der Waals surface area contributed by atoms with Crippen molar-refractivity contribution >= 4 is 11.9 Å². The van der Waals surface area contributed by atoms with Crippen LogP contribution in [0.25, 0.3) is 0 Å². The molecule has 0 unspecified atom stereocenters. The summed E-state index contributed by atoms with van der Waals surface area (Å²) in [5.74, 6) is 0.774. The Morgan fingerprint density at radius 1 is 1.35 bits per heavy atom. The molecule has 23 heavy (non-hydrogen) atoms. The summed E-state index contributed by atoms with van der Waals surface area (Å²) in [7, 11) is 1.74. The first-order valence-corrected chi connectivity index (χ1v) is 8.06. The molecule has 0 saturated carbocycles. The lowest BCUT2D eigenvalue weighted by Crippen LogP contribution is -2.53. The zero-order valence-corrected chi connectivity index (χ0v) is 13.9. The van der Waals surface area contributed by atoms with Crippen molar-refractivity contribution in [1.82, 2.24) is 25.6 Å². The fraction of sp³-hybridized carbons (Fsp3) is 0.667. The van der Waals surface area contributed by atoms with E-state index < -0.39 is 0 Å². The van der Waals surface area contributed by atoms with Gasteiger partial charge in [0.25, 0.3) is 0 Å². The minimum atomic E-state index is -0.00216. The largest absolute Gasteiger partial charge is 0.364 e. The highest BCUT2D eigenvalue weighted by molar-refractivity contribution is 5.86. The molecule has 128 valence electrons. The predicted molar refractivity (Wildman–Crippen MR) is 88.0 cm³/mol. The van der Waals surface area contributed by atoms with E-state index in [9.17, 15) is 4.79 Å². The van der Waals surface area contributed by atoms with Gasteiger partial charge in [-0.05, 0) is 6.42 Å². The lowest BCUT2D eigenvalue weighted by molar-refractivity contribution is -0.120. The number of nitrogens with zero attached hydrogens (tertiary/aromatic N) is 4. The van der Waals surface area contributed by atoms with E-state index in [4.69, 9.17) is 4.52 Å². The third-order valence-electron chi connectivity index (χ3n) is 3.74. The van der Waals surface area contributed by atoms with Crippen molar-refractivity contribution < 1.29 is 9.32 Å². The Balaban J connectivity index is 1.72. The molecule has 0 aromatic carbocycles. The van der Waals surface area contributed by atoms with Gasteiger partial charge >= 0.3 is 0 Å². The van der Waals surface area contributed by atoms with E-state index in [0.717, 1.165) is 50.8 Å². The topological polar surface area (TPSA) is 86.0 Å². The highest BCUT2D eigenvalue weighted by atomic mass is 16.5. The number of nitrogens with one attached hydrogen (secondary N) is 2. The maximum Gasteiger partial charge on any atom is 0.239 e. The van der Waals surface area contributed by atoms with Crippen LogP contribution in [0.1, 0.15) is 19.0 Å². The zero-order chi connectivity index (χ0) is 16.5. The predicted octanol–water partition coefficient (Wildman–Crippen LogP) is -0.106. The third kappa shape index (κ3) is 5.55. The minimum absolute atomic E-state index is 0.00216. The van der Waals surface area contributed by atoms with Crippen molar-refractivity contribution in [2.75, 3.05) is 46.3 Å². The molecule has 1 amide bonds. The second-order valence-corrected chi connectivity index (χ2v) is 5.50. The number of carbonyl (C=O) groups is 1. The van der Waals surface area contributed by atoms with Crippen molar-refractivity contribution in [3.63, 3.8) is 0 Å². The van der Waals surface area contributed by atoms with Crippen LogP contribution in [-0.2, 0) is 11.3 Å². The summed E-state index contributed by atoms with van der Waals surface area (Å²) < 4.78 is 4.86. The van der Waals surface area contributed by atoms with Gasteiger partial charge < -0.3 is 20.1 Å². The first-order valence-electron chi connectivity index (χ1n) is 8.06. The summed E-state index contributed by atoms with van der Waals surface area (Å²) in [5, 5.41) is 9.92. The van der Waals surface area contributed by atoms with E-state index in [-0.39, 0.29) is 12.5 Å². The Morgan fingerprint density at radius 3 is 2.74 bits per heavy atom. The van der Waals surface area contributed by atoms with Crippen LogP contribution in [0.3, 0.4) is 0 Å². The van der Waals surface area contributed by atoms with Crippen LogP contribution in [0.15, 0.2) is 21.8 Å². The van der Waals surface area contributed by atoms with Crippen LogP contribution in [0.5, 0.6) is 0 Å². The molecule has 0 aliphatic carbocycles. The van der Waals surface area contributed by atoms with E-state index in [1.807, 2.05) is 13.0 Å². The van der Waals surface area contributed by atoms with Gasteiger partial charge in [-0.2, -0.15) is 0 Å². The zero-order valence-electron chi connectivity index (χ0n) is 13.9. The summed E-state index contributed by atoms with van der Waals surface area (Å²) in [6.07, 6.45) is 2.54. The standard InChI is InChI=1S/C15H26N6O2/c1-3-5-17-14(22)11-18-15(16-2)21-8-6-20(7-9-21)12-13-4-10-23-19-13/h4,10H,3,5-9,11-12H2,1-2H3,(H,16,18)(H,17,22). The summed E-state index contributed by atoms with van der Waals surface area (Å²) >= 11 is 0. The van der Waals surface area contributed by atoms with Crippen LogP contribution in [-0.4, -0.2) is 73.1 Å². The van der Waals surface area contributed by atoms with Gasteiger partial charge in [-0.15, -0.1) is 0 Å². The lowest BCUT2D eigenvalue weighted by Gasteiger charge is -2.36. The Kier molecular flexibility index (Phi) is 6.86. The maximum atomic E-state index is 11.7. The van der Waals surface area contributed by atoms with E-state index in [0.29, 0.717) is 6.54 Å². The van der Waals surface area contributed by atoms with Crippen LogP contribution in [0, 0.1) is 0 Å². The molecule has 2 rings (SSSR count). The van der Waals surface area contributed by atoms with E-state index in [2.05, 4.69) is 30.6 Å². The molecule has 0 atom stereocenters. The SMILES string of the molecule is CCCNC(=O)CNC(=NC)N1CCN(Cc2ccon2)CC1. The van der Waals surface area contributed by atoms with Crippen molar-refractivity contribution in [1.29, 1.82) is 0 Å².